The van der Waals surface area contributed by atoms with Crippen LogP contribution >= 0.6 is 11.8 Å². The fourth-order valence-corrected chi connectivity index (χ4v) is 3.06. The van der Waals surface area contributed by atoms with Gasteiger partial charge in [0.05, 0.1) is 0 Å². The number of nitrogens with two attached hydrogens (primary N) is 1. The number of aliphatic carboxylic acids is 1. The molecule has 0 saturated heterocycles. The first-order valence-corrected chi connectivity index (χ1v) is 7.82. The molecule has 1 atom stereocenters. The largest absolute Gasteiger partial charge is 0.481 e. The molecule has 0 radical (unpaired) electrons. The van der Waals surface area contributed by atoms with Gasteiger partial charge in [0.2, 0.25) is 0 Å². The van der Waals surface area contributed by atoms with Crippen molar-refractivity contribution in [2.45, 2.75) is 18.1 Å². The van der Waals surface area contributed by atoms with Gasteiger partial charge in [0, 0.05) is 11.7 Å². The number of carbonyl (C=O) groups is 1. The van der Waals surface area contributed by atoms with Crippen LogP contribution in [0.5, 0.6) is 0 Å². The Morgan fingerprint density at radius 2 is 1.68 bits per heavy atom. The van der Waals surface area contributed by atoms with Gasteiger partial charge in [0.15, 0.2) is 5.17 Å². The lowest BCUT2D eigenvalue weighted by molar-refractivity contribution is -0.137. The Balaban J connectivity index is 2.17. The molecule has 5 heteroatoms. The van der Waals surface area contributed by atoms with Crippen LogP contribution in [0.25, 0.3) is 11.1 Å². The molecule has 22 heavy (non-hydrogen) atoms. The Morgan fingerprint density at radius 1 is 1.09 bits per heavy atom. The van der Waals surface area contributed by atoms with Crippen LogP contribution in [0.15, 0.2) is 54.6 Å². The quantitative estimate of drug-likeness (QED) is 0.557. The van der Waals surface area contributed by atoms with Crippen molar-refractivity contribution in [2.24, 2.45) is 5.73 Å². The third kappa shape index (κ3) is 4.63. The van der Waals surface area contributed by atoms with E-state index < -0.39 is 5.97 Å². The molecule has 0 bridgehead atoms. The molecule has 2 aromatic rings. The molecule has 0 aromatic heterocycles. The summed E-state index contributed by atoms with van der Waals surface area (Å²) in [7, 11) is 0. The van der Waals surface area contributed by atoms with Crippen LogP contribution in [0.4, 0.5) is 0 Å². The number of rotatable bonds is 6. The zero-order chi connectivity index (χ0) is 15.9. The lowest BCUT2D eigenvalue weighted by Crippen LogP contribution is -2.09. The zero-order valence-electron chi connectivity index (χ0n) is 12.0. The topological polar surface area (TPSA) is 87.2 Å². The van der Waals surface area contributed by atoms with Crippen molar-refractivity contribution in [3.63, 3.8) is 0 Å². The van der Waals surface area contributed by atoms with Gasteiger partial charge in [-0.15, -0.1) is 0 Å². The van der Waals surface area contributed by atoms with E-state index in [1.807, 2.05) is 54.6 Å². The second-order valence-corrected chi connectivity index (χ2v) is 6.14. The van der Waals surface area contributed by atoms with Gasteiger partial charge < -0.3 is 10.8 Å². The van der Waals surface area contributed by atoms with Gasteiger partial charge in [-0.25, -0.2) is 0 Å². The van der Waals surface area contributed by atoms with Gasteiger partial charge in [-0.05, 0) is 23.1 Å². The Morgan fingerprint density at radius 3 is 2.23 bits per heavy atom. The highest BCUT2D eigenvalue weighted by Crippen LogP contribution is 2.34. The van der Waals surface area contributed by atoms with Crippen molar-refractivity contribution in [2.75, 3.05) is 0 Å². The molecule has 1 unspecified atom stereocenters. The van der Waals surface area contributed by atoms with Crippen molar-refractivity contribution in [3.8, 4) is 11.1 Å². The third-order valence-corrected chi connectivity index (χ3v) is 4.33. The molecule has 0 saturated carbocycles. The second-order valence-electron chi connectivity index (χ2n) is 4.89. The first-order valence-electron chi connectivity index (χ1n) is 6.94. The fourth-order valence-electron chi connectivity index (χ4n) is 2.22. The van der Waals surface area contributed by atoms with E-state index in [1.165, 1.54) is 11.8 Å². The highest BCUT2D eigenvalue weighted by Gasteiger charge is 2.15. The number of nitrogens with one attached hydrogen (secondary N) is 1. The lowest BCUT2D eigenvalue weighted by atomic mass is 10.0. The summed E-state index contributed by atoms with van der Waals surface area (Å²) in [6.07, 6.45) is 0.510. The average molecular weight is 314 g/mol. The maximum Gasteiger partial charge on any atom is 0.303 e. The number of benzene rings is 2. The van der Waals surface area contributed by atoms with Crippen molar-refractivity contribution in [1.29, 1.82) is 5.41 Å². The Bertz CT molecular complexity index is 641. The van der Waals surface area contributed by atoms with Crippen LogP contribution in [0.2, 0.25) is 0 Å². The Labute approximate surface area is 133 Å². The van der Waals surface area contributed by atoms with E-state index in [2.05, 4.69) is 0 Å². The lowest BCUT2D eigenvalue weighted by Gasteiger charge is -2.15. The summed E-state index contributed by atoms with van der Waals surface area (Å²) in [5, 5.41) is 16.2. The first-order chi connectivity index (χ1) is 10.6. The van der Waals surface area contributed by atoms with Gasteiger partial charge in [-0.2, -0.15) is 0 Å². The molecule has 0 spiro atoms. The number of amidine groups is 1. The van der Waals surface area contributed by atoms with Crippen LogP contribution in [-0.4, -0.2) is 16.2 Å². The summed E-state index contributed by atoms with van der Waals surface area (Å²) in [6.45, 7) is 0. The van der Waals surface area contributed by atoms with Crippen molar-refractivity contribution in [3.05, 3.63) is 60.2 Å². The molecular weight excluding hydrogens is 296 g/mol. The maximum atomic E-state index is 10.8. The summed E-state index contributed by atoms with van der Waals surface area (Å²) >= 11 is 1.19. The number of carboxylic acids is 1. The van der Waals surface area contributed by atoms with E-state index >= 15 is 0 Å². The van der Waals surface area contributed by atoms with Gasteiger partial charge in [-0.3, -0.25) is 10.2 Å². The van der Waals surface area contributed by atoms with Gasteiger partial charge in [-0.1, -0.05) is 66.4 Å². The molecule has 0 fully saturated rings. The van der Waals surface area contributed by atoms with E-state index in [0.29, 0.717) is 6.42 Å². The monoisotopic (exact) mass is 314 g/mol. The Kier molecular flexibility index (Phi) is 5.61. The van der Waals surface area contributed by atoms with E-state index in [-0.39, 0.29) is 16.8 Å². The molecule has 0 heterocycles. The number of thioether (sulfide) groups is 1. The van der Waals surface area contributed by atoms with Crippen LogP contribution in [0, 0.1) is 5.41 Å². The highest BCUT2D eigenvalue weighted by atomic mass is 32.2. The molecule has 4 N–H and O–H groups in total. The van der Waals surface area contributed by atoms with Crippen molar-refractivity contribution >= 4 is 22.9 Å². The number of hydrogen-bond donors (Lipinski definition) is 3. The molecule has 2 rings (SSSR count). The van der Waals surface area contributed by atoms with Crippen LogP contribution in [-0.2, 0) is 4.79 Å². The fraction of sp³-hybridized carbons (Fsp3) is 0.176. The number of carboxylic acid groups (broad SMARTS) is 1. The minimum Gasteiger partial charge on any atom is -0.481 e. The highest BCUT2D eigenvalue weighted by molar-refractivity contribution is 8.13. The zero-order valence-corrected chi connectivity index (χ0v) is 12.8. The predicted molar refractivity (Wildman–Crippen MR) is 91.0 cm³/mol. The smallest absolute Gasteiger partial charge is 0.303 e. The first kappa shape index (κ1) is 16.1. The van der Waals surface area contributed by atoms with Gasteiger partial charge >= 0.3 is 5.97 Å². The molecule has 4 nitrogen and oxygen atoms in total. The van der Waals surface area contributed by atoms with Gasteiger partial charge in [0.1, 0.15) is 0 Å². The third-order valence-electron chi connectivity index (χ3n) is 3.28. The minimum atomic E-state index is -0.838. The number of hydrogen-bond acceptors (Lipinski definition) is 3. The summed E-state index contributed by atoms with van der Waals surface area (Å²) in [4.78, 5) is 10.8. The summed E-state index contributed by atoms with van der Waals surface area (Å²) in [5.74, 6) is -0.838. The molecule has 0 aliphatic heterocycles. The van der Waals surface area contributed by atoms with E-state index in [1.54, 1.807) is 0 Å². The summed E-state index contributed by atoms with van der Waals surface area (Å²) in [5.41, 5.74) is 8.68. The second kappa shape index (κ2) is 7.66. The summed E-state index contributed by atoms with van der Waals surface area (Å²) < 4.78 is 0. The standard InChI is InChI=1S/C17H18N2O2S/c18-17(19)22-15(10-11-16(20)21)14-8-6-13(7-9-14)12-4-2-1-3-5-12/h1-9,15H,10-11H2,(H3,18,19)(H,20,21). The normalized spacial score (nSPS) is 11.8. The van der Waals surface area contributed by atoms with E-state index in [9.17, 15) is 4.79 Å². The van der Waals surface area contributed by atoms with Crippen molar-refractivity contribution in [1.82, 2.24) is 0 Å². The molecule has 114 valence electrons. The molecular formula is C17H18N2O2S. The van der Waals surface area contributed by atoms with Gasteiger partial charge in [0.25, 0.3) is 0 Å². The van der Waals surface area contributed by atoms with E-state index in [4.69, 9.17) is 16.2 Å². The maximum absolute atomic E-state index is 10.8. The molecule has 2 aromatic carbocycles. The molecule has 0 amide bonds. The van der Waals surface area contributed by atoms with E-state index in [0.717, 1.165) is 16.7 Å². The molecule has 0 aliphatic carbocycles. The van der Waals surface area contributed by atoms with Crippen molar-refractivity contribution < 1.29 is 9.90 Å². The Hall–Kier alpha value is -2.27. The SMILES string of the molecule is N=C(N)SC(CCC(=O)O)c1ccc(-c2ccccc2)cc1. The average Bonchev–Trinajstić information content (AvgIpc) is 2.52. The van der Waals surface area contributed by atoms with Crippen LogP contribution < -0.4 is 5.73 Å². The molecule has 0 aliphatic rings. The predicted octanol–water partition coefficient (Wildman–Crippen LogP) is 3.89. The van der Waals surface area contributed by atoms with Crippen LogP contribution in [0.3, 0.4) is 0 Å². The minimum absolute atomic E-state index is 0.00234. The van der Waals surface area contributed by atoms with Crippen LogP contribution in [0.1, 0.15) is 23.7 Å². The summed E-state index contributed by atoms with van der Waals surface area (Å²) in [6, 6.07) is 18.0.